The van der Waals surface area contributed by atoms with E-state index in [0.717, 1.165) is 10.9 Å². The van der Waals surface area contributed by atoms with Crippen LogP contribution in [-0.4, -0.2) is 39.5 Å². The summed E-state index contributed by atoms with van der Waals surface area (Å²) in [6, 6.07) is -0.751. The number of methoxy groups -OCH3 is 1. The molecule has 10 heteroatoms. The number of carbonyl (C=O) groups excluding carboxylic acids is 2. The molecule has 1 amide bonds. The fourth-order valence-corrected chi connectivity index (χ4v) is 1.67. The van der Waals surface area contributed by atoms with Gasteiger partial charge in [0.1, 0.15) is 12.2 Å². The van der Waals surface area contributed by atoms with Crippen LogP contribution >= 0.6 is 11.6 Å². The number of carbonyl (C=O) groups is 2. The van der Waals surface area contributed by atoms with Crippen molar-refractivity contribution in [3.8, 4) is 5.88 Å². The molecular weight excluding hydrogens is 304 g/mol. The summed E-state index contributed by atoms with van der Waals surface area (Å²) in [6.07, 6.45) is 1.71. The van der Waals surface area contributed by atoms with Crippen molar-refractivity contribution < 1.29 is 19.2 Å². The number of aromatic nitrogens is 2. The molecule has 0 aliphatic rings. The first-order chi connectivity index (χ1) is 9.86. The highest BCUT2D eigenvalue weighted by Crippen LogP contribution is 2.25. The lowest BCUT2D eigenvalue weighted by Gasteiger charge is -2.11. The average Bonchev–Trinajstić information content (AvgIpc) is 2.86. The first-order valence-electron chi connectivity index (χ1n) is 6.10. The van der Waals surface area contributed by atoms with E-state index < -0.39 is 16.2 Å². The molecule has 21 heavy (non-hydrogen) atoms. The van der Waals surface area contributed by atoms with E-state index in [1.807, 2.05) is 0 Å². The number of ether oxygens (including phenoxy) is 1. The van der Waals surface area contributed by atoms with E-state index >= 15 is 0 Å². The van der Waals surface area contributed by atoms with Crippen LogP contribution in [0.2, 0.25) is 0 Å². The van der Waals surface area contributed by atoms with Gasteiger partial charge < -0.3 is 10.1 Å². The number of hydrogen-bond acceptors (Lipinski definition) is 6. The molecule has 0 aliphatic heterocycles. The van der Waals surface area contributed by atoms with Gasteiger partial charge in [0.25, 0.3) is 0 Å². The molecule has 1 unspecified atom stereocenters. The predicted molar refractivity (Wildman–Crippen MR) is 73.2 cm³/mol. The summed E-state index contributed by atoms with van der Waals surface area (Å²) in [6.45, 7) is 1.82. The largest absolute Gasteiger partial charge is 0.475 e. The molecule has 0 radical (unpaired) electrons. The summed E-state index contributed by atoms with van der Waals surface area (Å²) in [4.78, 5) is 32.6. The molecule has 0 fully saturated rings. The second-order valence-corrected chi connectivity index (χ2v) is 4.61. The van der Waals surface area contributed by atoms with Gasteiger partial charge in [0, 0.05) is 13.0 Å². The maximum atomic E-state index is 11.9. The number of amides is 1. The maximum absolute atomic E-state index is 11.9. The highest BCUT2D eigenvalue weighted by atomic mass is 35.5. The van der Waals surface area contributed by atoms with Crippen LogP contribution in [0.5, 0.6) is 5.88 Å². The molecule has 0 saturated carbocycles. The first-order valence-corrected chi connectivity index (χ1v) is 6.48. The molecule has 0 aromatic carbocycles. The number of nitrogens with one attached hydrogen (secondary N) is 1. The fraction of sp³-hybridized carbons (Fsp3) is 0.545. The van der Waals surface area contributed by atoms with Crippen molar-refractivity contribution >= 4 is 28.4 Å². The third-order valence-electron chi connectivity index (χ3n) is 2.70. The molecule has 1 atom stereocenters. The minimum Gasteiger partial charge on any atom is -0.475 e. The normalized spacial score (nSPS) is 11.8. The SMILES string of the molecule is COc1nn(C(C)C(=O)NCCCC(=O)Cl)cc1[N+](=O)[O-]. The first kappa shape index (κ1) is 16.9. The quantitative estimate of drug-likeness (QED) is 0.331. The Bertz CT molecular complexity index is 545. The Kier molecular flexibility index (Phi) is 6.10. The monoisotopic (exact) mass is 318 g/mol. The van der Waals surface area contributed by atoms with Crippen molar-refractivity contribution in [1.82, 2.24) is 15.1 Å². The highest BCUT2D eigenvalue weighted by molar-refractivity contribution is 6.63. The Morgan fingerprint density at radius 2 is 2.29 bits per heavy atom. The van der Waals surface area contributed by atoms with Crippen molar-refractivity contribution in [2.45, 2.75) is 25.8 Å². The van der Waals surface area contributed by atoms with Gasteiger partial charge in [-0.2, -0.15) is 0 Å². The highest BCUT2D eigenvalue weighted by Gasteiger charge is 2.24. The van der Waals surface area contributed by atoms with Gasteiger partial charge in [-0.15, -0.1) is 5.10 Å². The Morgan fingerprint density at radius 3 is 2.76 bits per heavy atom. The molecule has 1 N–H and O–H groups in total. The van der Waals surface area contributed by atoms with Crippen molar-refractivity contribution in [3.63, 3.8) is 0 Å². The van der Waals surface area contributed by atoms with Crippen molar-refractivity contribution in [1.29, 1.82) is 0 Å². The summed E-state index contributed by atoms with van der Waals surface area (Å²) in [5, 5.41) is 16.8. The van der Waals surface area contributed by atoms with E-state index in [1.165, 1.54) is 14.0 Å². The molecule has 0 spiro atoms. The Morgan fingerprint density at radius 1 is 1.62 bits per heavy atom. The lowest BCUT2D eigenvalue weighted by molar-refractivity contribution is -0.385. The molecule has 1 aromatic heterocycles. The van der Waals surface area contributed by atoms with Crippen LogP contribution in [0.1, 0.15) is 25.8 Å². The lowest BCUT2D eigenvalue weighted by Crippen LogP contribution is -2.32. The second kappa shape index (κ2) is 7.58. The molecule has 0 bridgehead atoms. The van der Waals surface area contributed by atoms with Crippen molar-refractivity contribution in [2.24, 2.45) is 0 Å². The van der Waals surface area contributed by atoms with Gasteiger partial charge in [-0.3, -0.25) is 19.7 Å². The molecule has 1 aromatic rings. The van der Waals surface area contributed by atoms with Gasteiger partial charge in [-0.1, -0.05) is 0 Å². The Balaban J connectivity index is 2.65. The molecular formula is C11H15ClN4O5. The van der Waals surface area contributed by atoms with Crippen molar-refractivity contribution in [2.75, 3.05) is 13.7 Å². The minimum atomic E-state index is -0.751. The molecule has 1 rings (SSSR count). The summed E-state index contributed by atoms with van der Waals surface area (Å²) < 4.78 is 5.94. The van der Waals surface area contributed by atoms with Gasteiger partial charge in [0.2, 0.25) is 11.1 Å². The third-order valence-corrected chi connectivity index (χ3v) is 2.88. The molecule has 1 heterocycles. The van der Waals surface area contributed by atoms with Crippen LogP contribution in [0.4, 0.5) is 5.69 Å². The van der Waals surface area contributed by atoms with Gasteiger partial charge in [-0.25, -0.2) is 4.68 Å². The van der Waals surface area contributed by atoms with E-state index in [4.69, 9.17) is 16.3 Å². The van der Waals surface area contributed by atoms with Crippen molar-refractivity contribution in [3.05, 3.63) is 16.3 Å². The number of nitro groups is 1. The zero-order valence-corrected chi connectivity index (χ0v) is 12.3. The number of rotatable bonds is 8. The Hall–Kier alpha value is -2.16. The summed E-state index contributed by atoms with van der Waals surface area (Å²) in [5.41, 5.74) is -0.315. The standard InChI is InChI=1S/C11H15ClN4O5/c1-7(10(18)13-5-3-4-9(12)17)15-6-8(16(19)20)11(14-15)21-2/h6-7H,3-5H2,1-2H3,(H,13,18). The molecule has 0 saturated heterocycles. The fourth-order valence-electron chi connectivity index (χ4n) is 1.54. The van der Waals surface area contributed by atoms with E-state index in [9.17, 15) is 19.7 Å². The third kappa shape index (κ3) is 4.71. The van der Waals surface area contributed by atoms with Crippen LogP contribution in [0.3, 0.4) is 0 Å². The smallest absolute Gasteiger partial charge is 0.350 e. The van der Waals surface area contributed by atoms with Crippen LogP contribution < -0.4 is 10.1 Å². The summed E-state index contributed by atoms with van der Waals surface area (Å²) >= 11 is 5.17. The van der Waals surface area contributed by atoms with E-state index in [0.29, 0.717) is 6.42 Å². The van der Waals surface area contributed by atoms with Gasteiger partial charge in [0.15, 0.2) is 0 Å². The molecule has 116 valence electrons. The number of nitrogens with zero attached hydrogens (tertiary/aromatic N) is 3. The van der Waals surface area contributed by atoms with Gasteiger partial charge in [0.05, 0.1) is 12.0 Å². The van der Waals surface area contributed by atoms with Crippen LogP contribution in [-0.2, 0) is 9.59 Å². The van der Waals surface area contributed by atoms with Gasteiger partial charge in [-0.05, 0) is 24.9 Å². The van der Waals surface area contributed by atoms with Crippen LogP contribution in [0.15, 0.2) is 6.20 Å². The van der Waals surface area contributed by atoms with Gasteiger partial charge >= 0.3 is 11.6 Å². The van der Waals surface area contributed by atoms with Crippen LogP contribution in [0.25, 0.3) is 0 Å². The summed E-state index contributed by atoms with van der Waals surface area (Å²) in [7, 11) is 1.26. The van der Waals surface area contributed by atoms with E-state index in [2.05, 4.69) is 10.4 Å². The average molecular weight is 319 g/mol. The maximum Gasteiger partial charge on any atom is 0.350 e. The molecule has 9 nitrogen and oxygen atoms in total. The van der Waals surface area contributed by atoms with E-state index in [-0.39, 0.29) is 30.4 Å². The number of halogens is 1. The zero-order chi connectivity index (χ0) is 16.0. The topological polar surface area (TPSA) is 116 Å². The predicted octanol–water partition coefficient (Wildman–Crippen LogP) is 1.02. The number of hydrogen-bond donors (Lipinski definition) is 1. The zero-order valence-electron chi connectivity index (χ0n) is 11.5. The molecule has 0 aliphatic carbocycles. The summed E-state index contributed by atoms with van der Waals surface area (Å²) in [5.74, 6) is -0.538. The lowest BCUT2D eigenvalue weighted by atomic mass is 10.3. The second-order valence-electron chi connectivity index (χ2n) is 4.19. The minimum absolute atomic E-state index is 0.160. The van der Waals surface area contributed by atoms with E-state index in [1.54, 1.807) is 0 Å². The Labute approximate surface area is 125 Å². The van der Waals surface area contributed by atoms with Crippen LogP contribution in [0, 0.1) is 10.1 Å².